The summed E-state index contributed by atoms with van der Waals surface area (Å²) in [5.74, 6) is 0.882. The van der Waals surface area contributed by atoms with E-state index in [2.05, 4.69) is 21.2 Å². The number of hydrogen-bond acceptors (Lipinski definition) is 2. The lowest BCUT2D eigenvalue weighted by Crippen LogP contribution is -2.37. The lowest BCUT2D eigenvalue weighted by Gasteiger charge is -2.23. The van der Waals surface area contributed by atoms with Crippen LogP contribution in [0.5, 0.6) is 5.75 Å². The third-order valence-corrected chi connectivity index (χ3v) is 4.23. The third kappa shape index (κ3) is 1.84. The number of halogens is 1. The van der Waals surface area contributed by atoms with Crippen molar-refractivity contribution in [1.82, 2.24) is 0 Å². The Morgan fingerprint density at radius 2 is 2.06 bits per heavy atom. The van der Waals surface area contributed by atoms with E-state index in [9.17, 15) is 4.79 Å². The minimum atomic E-state index is -0.300. The summed E-state index contributed by atoms with van der Waals surface area (Å²) >= 11 is 3.41. The number of hydrogen-bond donors (Lipinski definition) is 1. The molecular weight excluding hydrogens is 282 g/mol. The van der Waals surface area contributed by atoms with E-state index in [1.54, 1.807) is 0 Å². The van der Waals surface area contributed by atoms with Crippen LogP contribution in [-0.4, -0.2) is 12.5 Å². The second kappa shape index (κ2) is 4.02. The molecule has 1 aliphatic carbocycles. The maximum Gasteiger partial charge on any atom is 0.234 e. The summed E-state index contributed by atoms with van der Waals surface area (Å²) in [5, 5.41) is 3.00. The Hall–Kier alpha value is -1.03. The lowest BCUT2D eigenvalue weighted by atomic mass is 9.86. The Kier molecular flexibility index (Phi) is 2.62. The molecule has 0 aromatic heterocycles. The first-order chi connectivity index (χ1) is 8.20. The van der Waals surface area contributed by atoms with Gasteiger partial charge in [-0.15, -0.1) is 0 Å². The predicted octanol–water partition coefficient (Wildman–Crippen LogP) is 3.34. The molecule has 2 aliphatic rings. The van der Waals surface area contributed by atoms with E-state index >= 15 is 0 Å². The van der Waals surface area contributed by atoms with E-state index in [0.717, 1.165) is 41.6 Å². The summed E-state index contributed by atoms with van der Waals surface area (Å²) in [6.45, 7) is 0.502. The smallest absolute Gasteiger partial charge is 0.234 e. The van der Waals surface area contributed by atoms with Crippen LogP contribution in [0.4, 0.5) is 5.69 Å². The highest BCUT2D eigenvalue weighted by Gasteiger charge is 2.43. The van der Waals surface area contributed by atoms with Crippen LogP contribution in [0.15, 0.2) is 22.7 Å². The van der Waals surface area contributed by atoms with Crippen LogP contribution in [-0.2, 0) is 4.79 Å². The van der Waals surface area contributed by atoms with E-state index in [1.807, 2.05) is 18.2 Å². The molecule has 0 unspecified atom stereocenters. The van der Waals surface area contributed by atoms with Crippen LogP contribution in [0.3, 0.4) is 0 Å². The van der Waals surface area contributed by atoms with Crippen LogP contribution in [0.1, 0.15) is 25.7 Å². The molecule has 17 heavy (non-hydrogen) atoms. The molecule has 3 rings (SSSR count). The van der Waals surface area contributed by atoms with E-state index in [4.69, 9.17) is 4.74 Å². The van der Waals surface area contributed by atoms with Crippen molar-refractivity contribution in [2.24, 2.45) is 5.41 Å². The van der Waals surface area contributed by atoms with Crippen molar-refractivity contribution in [3.05, 3.63) is 22.7 Å². The monoisotopic (exact) mass is 295 g/mol. The van der Waals surface area contributed by atoms with Gasteiger partial charge in [0.2, 0.25) is 5.91 Å². The maximum absolute atomic E-state index is 12.3. The highest BCUT2D eigenvalue weighted by molar-refractivity contribution is 9.10. The van der Waals surface area contributed by atoms with Crippen molar-refractivity contribution < 1.29 is 9.53 Å². The molecule has 90 valence electrons. The van der Waals surface area contributed by atoms with E-state index in [1.165, 1.54) is 0 Å². The van der Waals surface area contributed by atoms with Gasteiger partial charge in [-0.1, -0.05) is 28.8 Å². The second-order valence-electron chi connectivity index (χ2n) is 4.87. The van der Waals surface area contributed by atoms with Gasteiger partial charge in [0, 0.05) is 4.47 Å². The van der Waals surface area contributed by atoms with Crippen molar-refractivity contribution in [3.8, 4) is 5.75 Å². The van der Waals surface area contributed by atoms with Gasteiger partial charge in [-0.05, 0) is 31.0 Å². The number of amides is 1. The first-order valence-corrected chi connectivity index (χ1v) is 6.73. The number of anilines is 1. The Morgan fingerprint density at radius 3 is 2.82 bits per heavy atom. The Bertz CT molecular complexity index is 466. The van der Waals surface area contributed by atoms with Gasteiger partial charge < -0.3 is 10.1 Å². The quantitative estimate of drug-likeness (QED) is 0.797. The fourth-order valence-electron chi connectivity index (χ4n) is 2.68. The van der Waals surface area contributed by atoms with Gasteiger partial charge in [-0.2, -0.15) is 0 Å². The summed E-state index contributed by atoms with van der Waals surface area (Å²) in [6.07, 6.45) is 4.12. The maximum atomic E-state index is 12.3. The van der Waals surface area contributed by atoms with Crippen LogP contribution in [0.2, 0.25) is 0 Å². The van der Waals surface area contributed by atoms with Crippen molar-refractivity contribution >= 4 is 27.5 Å². The van der Waals surface area contributed by atoms with Crippen molar-refractivity contribution in [1.29, 1.82) is 0 Å². The number of carbonyl (C=O) groups is 1. The van der Waals surface area contributed by atoms with Crippen molar-refractivity contribution in [2.45, 2.75) is 25.7 Å². The fourth-order valence-corrected chi connectivity index (χ4v) is 3.02. The van der Waals surface area contributed by atoms with Gasteiger partial charge in [0.15, 0.2) is 0 Å². The highest BCUT2D eigenvalue weighted by atomic mass is 79.9. The molecule has 4 heteroatoms. The molecule has 1 fully saturated rings. The predicted molar refractivity (Wildman–Crippen MR) is 69.2 cm³/mol. The SMILES string of the molecule is O=C1Nc2ccc(Br)cc2OCC12CCCC2. The molecular formula is C13H14BrNO2. The van der Waals surface area contributed by atoms with Crippen LogP contribution < -0.4 is 10.1 Å². The van der Waals surface area contributed by atoms with E-state index in [-0.39, 0.29) is 11.3 Å². The molecule has 1 aliphatic heterocycles. The van der Waals surface area contributed by atoms with Gasteiger partial charge in [-0.3, -0.25) is 4.79 Å². The van der Waals surface area contributed by atoms with Crippen molar-refractivity contribution in [2.75, 3.05) is 11.9 Å². The van der Waals surface area contributed by atoms with Crippen molar-refractivity contribution in [3.63, 3.8) is 0 Å². The number of rotatable bonds is 0. The number of benzene rings is 1. The van der Waals surface area contributed by atoms with Crippen LogP contribution in [0.25, 0.3) is 0 Å². The molecule has 0 saturated heterocycles. The van der Waals surface area contributed by atoms with Gasteiger partial charge in [-0.25, -0.2) is 0 Å². The van der Waals surface area contributed by atoms with Gasteiger partial charge in [0.1, 0.15) is 12.4 Å². The van der Waals surface area contributed by atoms with Gasteiger partial charge >= 0.3 is 0 Å². The zero-order chi connectivity index (χ0) is 11.9. The first kappa shape index (κ1) is 11.1. The van der Waals surface area contributed by atoms with Crippen LogP contribution in [0, 0.1) is 5.41 Å². The minimum Gasteiger partial charge on any atom is -0.490 e. The molecule has 1 aromatic carbocycles. The molecule has 1 spiro atoms. The Labute approximate surface area is 109 Å². The van der Waals surface area contributed by atoms with Gasteiger partial charge in [0.25, 0.3) is 0 Å². The molecule has 0 bridgehead atoms. The molecule has 1 amide bonds. The summed E-state index contributed by atoms with van der Waals surface area (Å²) in [7, 11) is 0. The number of ether oxygens (including phenoxy) is 1. The average molecular weight is 296 g/mol. The average Bonchev–Trinajstić information content (AvgIpc) is 2.74. The lowest BCUT2D eigenvalue weighted by molar-refractivity contribution is -0.126. The standard InChI is InChI=1S/C13H14BrNO2/c14-9-3-4-10-11(7-9)17-8-13(12(16)15-10)5-1-2-6-13/h3-4,7H,1-2,5-6,8H2,(H,15,16). The molecule has 3 nitrogen and oxygen atoms in total. The molecule has 1 aromatic rings. The number of carbonyl (C=O) groups excluding carboxylic acids is 1. The summed E-state index contributed by atoms with van der Waals surface area (Å²) in [6, 6.07) is 5.70. The summed E-state index contributed by atoms with van der Waals surface area (Å²) in [5.41, 5.74) is 0.480. The molecule has 1 heterocycles. The summed E-state index contributed by atoms with van der Waals surface area (Å²) in [4.78, 5) is 12.3. The molecule has 1 saturated carbocycles. The topological polar surface area (TPSA) is 38.3 Å². The second-order valence-corrected chi connectivity index (χ2v) is 5.79. The molecule has 0 atom stereocenters. The zero-order valence-electron chi connectivity index (χ0n) is 9.46. The minimum absolute atomic E-state index is 0.121. The van der Waals surface area contributed by atoms with E-state index < -0.39 is 0 Å². The first-order valence-electron chi connectivity index (χ1n) is 5.93. The summed E-state index contributed by atoms with van der Waals surface area (Å²) < 4.78 is 6.79. The Balaban J connectivity index is 1.96. The zero-order valence-corrected chi connectivity index (χ0v) is 11.0. The normalized spacial score (nSPS) is 21.6. The number of fused-ring (bicyclic) bond motifs is 1. The van der Waals surface area contributed by atoms with E-state index in [0.29, 0.717) is 6.61 Å². The highest BCUT2D eigenvalue weighted by Crippen LogP contribution is 2.43. The van der Waals surface area contributed by atoms with Gasteiger partial charge in [0.05, 0.1) is 11.1 Å². The third-order valence-electron chi connectivity index (χ3n) is 3.74. The molecule has 0 radical (unpaired) electrons. The Morgan fingerprint density at radius 1 is 1.29 bits per heavy atom. The largest absolute Gasteiger partial charge is 0.490 e. The fraction of sp³-hybridized carbons (Fsp3) is 0.462. The van der Waals surface area contributed by atoms with Crippen LogP contribution >= 0.6 is 15.9 Å². The number of nitrogens with one attached hydrogen (secondary N) is 1. The molecule has 1 N–H and O–H groups in total.